The maximum atomic E-state index is 9.47. The zero-order valence-corrected chi connectivity index (χ0v) is 11.8. The van der Waals surface area contributed by atoms with Crippen LogP contribution in [-0.4, -0.2) is 5.11 Å². The lowest BCUT2D eigenvalue weighted by molar-refractivity contribution is 0.199. The number of aliphatic hydroxyl groups excluding tert-OH is 1. The summed E-state index contributed by atoms with van der Waals surface area (Å²) in [5, 5.41) is 18.7. The molecule has 0 unspecified atom stereocenters. The van der Waals surface area contributed by atoms with E-state index < -0.39 is 6.10 Å². The van der Waals surface area contributed by atoms with Gasteiger partial charge in [-0.15, -0.1) is 0 Å². The van der Waals surface area contributed by atoms with E-state index in [9.17, 15) is 5.11 Å². The number of rotatable bonds is 4. The largest absolute Gasteiger partial charge is 0.487 e. The van der Waals surface area contributed by atoms with E-state index in [1.165, 1.54) is 0 Å². The van der Waals surface area contributed by atoms with Gasteiger partial charge in [0.25, 0.3) is 0 Å². The summed E-state index contributed by atoms with van der Waals surface area (Å²) in [4.78, 5) is 0. The third kappa shape index (κ3) is 3.51. The normalized spacial score (nSPS) is 11.7. The van der Waals surface area contributed by atoms with E-state index in [4.69, 9.17) is 21.6 Å². The van der Waals surface area contributed by atoms with Gasteiger partial charge in [0, 0.05) is 0 Å². The van der Waals surface area contributed by atoms with Crippen LogP contribution in [0.15, 0.2) is 42.5 Å². The van der Waals surface area contributed by atoms with Crippen molar-refractivity contribution in [1.82, 2.24) is 0 Å². The summed E-state index contributed by atoms with van der Waals surface area (Å²) in [6.45, 7) is 2.06. The number of benzene rings is 2. The first-order valence-corrected chi connectivity index (χ1v) is 6.57. The van der Waals surface area contributed by atoms with Crippen LogP contribution in [0.4, 0.5) is 0 Å². The highest BCUT2D eigenvalue weighted by molar-refractivity contribution is 6.32. The molecule has 2 aromatic carbocycles. The molecule has 1 atom stereocenters. The van der Waals surface area contributed by atoms with Crippen LogP contribution in [0.1, 0.15) is 29.7 Å². The fourth-order valence-electron chi connectivity index (χ4n) is 1.73. The minimum absolute atomic E-state index is 0.374. The Morgan fingerprint density at radius 2 is 1.95 bits per heavy atom. The summed E-state index contributed by atoms with van der Waals surface area (Å²) in [6.07, 6.45) is -0.555. The maximum absolute atomic E-state index is 9.47. The van der Waals surface area contributed by atoms with Crippen molar-refractivity contribution in [3.05, 3.63) is 64.2 Å². The number of aliphatic hydroxyl groups is 1. The minimum Gasteiger partial charge on any atom is -0.487 e. The van der Waals surface area contributed by atoms with Crippen LogP contribution >= 0.6 is 11.6 Å². The Bertz CT molecular complexity index is 630. The molecule has 0 bridgehead atoms. The highest BCUT2D eigenvalue weighted by Crippen LogP contribution is 2.28. The lowest BCUT2D eigenvalue weighted by atomic mass is 10.1. The quantitative estimate of drug-likeness (QED) is 0.929. The first kappa shape index (κ1) is 14.4. The second kappa shape index (κ2) is 6.42. The molecule has 0 heterocycles. The van der Waals surface area contributed by atoms with Gasteiger partial charge in [-0.25, -0.2) is 0 Å². The van der Waals surface area contributed by atoms with E-state index in [0.29, 0.717) is 22.9 Å². The average molecular weight is 288 g/mol. The van der Waals surface area contributed by atoms with Crippen molar-refractivity contribution in [1.29, 1.82) is 5.26 Å². The van der Waals surface area contributed by atoms with Gasteiger partial charge in [0.1, 0.15) is 12.4 Å². The summed E-state index contributed by atoms with van der Waals surface area (Å²) in [7, 11) is 0. The topological polar surface area (TPSA) is 53.2 Å². The molecule has 0 radical (unpaired) electrons. The summed E-state index contributed by atoms with van der Waals surface area (Å²) >= 11 is 6.11. The predicted octanol–water partition coefficient (Wildman–Crippen LogP) is 3.84. The standard InChI is InChI=1S/C16H14ClNO2/c1-11(19)14-6-7-16(15(17)8-14)20-10-13-4-2-12(9-18)3-5-13/h2-8,11,19H,10H2,1H3/t11-/m0/s1. The molecule has 3 nitrogen and oxygen atoms in total. The number of nitriles is 1. The van der Waals surface area contributed by atoms with Crippen molar-refractivity contribution < 1.29 is 9.84 Å². The van der Waals surface area contributed by atoms with Crippen LogP contribution in [0.5, 0.6) is 5.75 Å². The highest BCUT2D eigenvalue weighted by atomic mass is 35.5. The van der Waals surface area contributed by atoms with Gasteiger partial charge < -0.3 is 9.84 Å². The molecule has 102 valence electrons. The Hall–Kier alpha value is -2.02. The van der Waals surface area contributed by atoms with Crippen LogP contribution in [-0.2, 0) is 6.61 Å². The molecule has 20 heavy (non-hydrogen) atoms. The van der Waals surface area contributed by atoms with E-state index in [-0.39, 0.29) is 0 Å². The molecule has 1 N–H and O–H groups in total. The van der Waals surface area contributed by atoms with E-state index in [1.54, 1.807) is 37.3 Å². The van der Waals surface area contributed by atoms with Crippen molar-refractivity contribution in [3.8, 4) is 11.8 Å². The second-order valence-electron chi connectivity index (χ2n) is 4.46. The van der Waals surface area contributed by atoms with Crippen molar-refractivity contribution in [2.45, 2.75) is 19.6 Å². The monoisotopic (exact) mass is 287 g/mol. The highest BCUT2D eigenvalue weighted by Gasteiger charge is 2.07. The lowest BCUT2D eigenvalue weighted by Gasteiger charge is -2.11. The molecule has 4 heteroatoms. The fourth-order valence-corrected chi connectivity index (χ4v) is 1.97. The van der Waals surface area contributed by atoms with Gasteiger partial charge in [0.05, 0.1) is 22.8 Å². The van der Waals surface area contributed by atoms with E-state index >= 15 is 0 Å². The Balaban J connectivity index is 2.05. The Kier molecular flexibility index (Phi) is 4.62. The predicted molar refractivity (Wildman–Crippen MR) is 77.6 cm³/mol. The zero-order chi connectivity index (χ0) is 14.5. The first-order valence-electron chi connectivity index (χ1n) is 6.19. The number of hydrogen-bond donors (Lipinski definition) is 1. The molecule has 0 aliphatic heterocycles. The van der Waals surface area contributed by atoms with Crippen molar-refractivity contribution in [3.63, 3.8) is 0 Å². The van der Waals surface area contributed by atoms with Crippen molar-refractivity contribution in [2.75, 3.05) is 0 Å². The number of nitrogens with zero attached hydrogens (tertiary/aromatic N) is 1. The van der Waals surface area contributed by atoms with Crippen molar-refractivity contribution in [2.24, 2.45) is 0 Å². The third-order valence-corrected chi connectivity index (χ3v) is 3.21. The molecule has 0 saturated heterocycles. The van der Waals surface area contributed by atoms with Gasteiger partial charge >= 0.3 is 0 Å². The third-order valence-electron chi connectivity index (χ3n) is 2.92. The minimum atomic E-state index is -0.555. The molecule has 0 aliphatic carbocycles. The molecule has 2 rings (SSSR count). The Morgan fingerprint density at radius 1 is 1.25 bits per heavy atom. The Labute approximate surface area is 123 Å². The number of hydrogen-bond acceptors (Lipinski definition) is 3. The Morgan fingerprint density at radius 3 is 2.50 bits per heavy atom. The maximum Gasteiger partial charge on any atom is 0.138 e. The number of halogens is 1. The zero-order valence-electron chi connectivity index (χ0n) is 11.0. The van der Waals surface area contributed by atoms with Crippen molar-refractivity contribution >= 4 is 11.6 Å². The van der Waals surface area contributed by atoms with E-state index in [2.05, 4.69) is 6.07 Å². The summed E-state index contributed by atoms with van der Waals surface area (Å²) in [5.74, 6) is 0.570. The van der Waals surface area contributed by atoms with Gasteiger partial charge in [-0.3, -0.25) is 0 Å². The van der Waals surface area contributed by atoms with Crippen LogP contribution in [0.2, 0.25) is 5.02 Å². The lowest BCUT2D eigenvalue weighted by Crippen LogP contribution is -1.97. The van der Waals surface area contributed by atoms with Crippen LogP contribution in [0.3, 0.4) is 0 Å². The molecule has 2 aromatic rings. The van der Waals surface area contributed by atoms with Crippen LogP contribution < -0.4 is 4.74 Å². The molecule has 0 aliphatic rings. The molecule has 0 fully saturated rings. The first-order chi connectivity index (χ1) is 9.60. The van der Waals surface area contributed by atoms with Crippen LogP contribution in [0.25, 0.3) is 0 Å². The molecular formula is C16H14ClNO2. The average Bonchev–Trinajstić information content (AvgIpc) is 2.46. The SMILES string of the molecule is C[C@H](O)c1ccc(OCc2ccc(C#N)cc2)c(Cl)c1. The summed E-state index contributed by atoms with van der Waals surface area (Å²) in [6, 6.07) is 14.5. The smallest absolute Gasteiger partial charge is 0.138 e. The van der Waals surface area contributed by atoms with Gasteiger partial charge in [-0.1, -0.05) is 29.8 Å². The molecule has 0 amide bonds. The van der Waals surface area contributed by atoms with Gasteiger partial charge in [0.15, 0.2) is 0 Å². The summed E-state index contributed by atoms with van der Waals surface area (Å²) in [5.41, 5.74) is 2.33. The van der Waals surface area contributed by atoms with E-state index in [0.717, 1.165) is 11.1 Å². The number of ether oxygens (including phenoxy) is 1. The van der Waals surface area contributed by atoms with Gasteiger partial charge in [0.2, 0.25) is 0 Å². The summed E-state index contributed by atoms with van der Waals surface area (Å²) < 4.78 is 5.63. The van der Waals surface area contributed by atoms with Gasteiger partial charge in [-0.05, 0) is 42.3 Å². The van der Waals surface area contributed by atoms with E-state index in [1.807, 2.05) is 12.1 Å². The second-order valence-corrected chi connectivity index (χ2v) is 4.87. The molecule has 0 spiro atoms. The molecular weight excluding hydrogens is 274 g/mol. The molecule has 0 aromatic heterocycles. The fraction of sp³-hybridized carbons (Fsp3) is 0.188. The van der Waals surface area contributed by atoms with Crippen LogP contribution in [0, 0.1) is 11.3 Å². The van der Waals surface area contributed by atoms with Gasteiger partial charge in [-0.2, -0.15) is 5.26 Å². The molecule has 0 saturated carbocycles.